The van der Waals surface area contributed by atoms with Crippen LogP contribution in [0.25, 0.3) is 0 Å². The molecule has 5 nitrogen and oxygen atoms in total. The molecule has 0 aliphatic carbocycles. The Hall–Kier alpha value is -1.26. The second-order valence-electron chi connectivity index (χ2n) is 5.67. The minimum Gasteiger partial charge on any atom is -0.465 e. The molecule has 0 aliphatic heterocycles. The van der Waals surface area contributed by atoms with Gasteiger partial charge in [0.15, 0.2) is 0 Å². The Morgan fingerprint density at radius 3 is 2.00 bits per heavy atom. The van der Waals surface area contributed by atoms with Gasteiger partial charge in [-0.2, -0.15) is 0 Å². The van der Waals surface area contributed by atoms with Crippen molar-refractivity contribution in [1.82, 2.24) is 0 Å². The van der Waals surface area contributed by atoms with Crippen LogP contribution in [-0.4, -0.2) is 31.4 Å². The molecular weight excluding hydrogens is 272 g/mol. The van der Waals surface area contributed by atoms with Gasteiger partial charge in [-0.3, -0.25) is 4.79 Å². The van der Waals surface area contributed by atoms with Gasteiger partial charge in [0.05, 0.1) is 13.2 Å². The summed E-state index contributed by atoms with van der Waals surface area (Å²) < 4.78 is 15.4. The highest BCUT2D eigenvalue weighted by Gasteiger charge is 2.46. The maximum Gasteiger partial charge on any atom is 0.508 e. The van der Waals surface area contributed by atoms with E-state index in [4.69, 9.17) is 14.2 Å². The average molecular weight is 302 g/mol. The van der Waals surface area contributed by atoms with Crippen molar-refractivity contribution >= 4 is 12.1 Å². The standard InChI is InChI=1S/C16H30O5/c1-7-10-16(11-12(4)5,14(17)19-8-2)13(6)21-15(18)20-9-3/h12-13H,7-11H2,1-6H3. The molecule has 0 aliphatic rings. The van der Waals surface area contributed by atoms with Crippen molar-refractivity contribution in [3.63, 3.8) is 0 Å². The normalized spacial score (nSPS) is 15.2. The van der Waals surface area contributed by atoms with Crippen LogP contribution in [0.2, 0.25) is 0 Å². The molecule has 0 N–H and O–H groups in total. The summed E-state index contributed by atoms with van der Waals surface area (Å²) in [5.74, 6) is -0.00782. The third kappa shape index (κ3) is 5.94. The van der Waals surface area contributed by atoms with Crippen molar-refractivity contribution in [2.24, 2.45) is 11.3 Å². The number of hydrogen-bond donors (Lipinski definition) is 0. The average Bonchev–Trinajstić information content (AvgIpc) is 2.37. The molecule has 0 rings (SSSR count). The number of carbonyl (C=O) groups is 2. The van der Waals surface area contributed by atoms with Crippen molar-refractivity contribution in [2.75, 3.05) is 13.2 Å². The third-order valence-corrected chi connectivity index (χ3v) is 3.46. The zero-order valence-corrected chi connectivity index (χ0v) is 14.2. The van der Waals surface area contributed by atoms with E-state index in [1.807, 2.05) is 20.8 Å². The molecule has 5 heteroatoms. The summed E-state index contributed by atoms with van der Waals surface area (Å²) in [5, 5.41) is 0. The Balaban J connectivity index is 5.30. The van der Waals surface area contributed by atoms with E-state index in [0.717, 1.165) is 6.42 Å². The second kappa shape index (κ2) is 9.64. The van der Waals surface area contributed by atoms with Crippen molar-refractivity contribution in [2.45, 2.75) is 66.9 Å². The van der Waals surface area contributed by atoms with Crippen molar-refractivity contribution < 1.29 is 23.8 Å². The second-order valence-corrected chi connectivity index (χ2v) is 5.67. The molecule has 0 heterocycles. The molecule has 0 aromatic heterocycles. The van der Waals surface area contributed by atoms with E-state index in [1.165, 1.54) is 0 Å². The van der Waals surface area contributed by atoms with Gasteiger partial charge in [-0.15, -0.1) is 0 Å². The highest BCUT2D eigenvalue weighted by Crippen LogP contribution is 2.38. The van der Waals surface area contributed by atoms with Gasteiger partial charge in [0.25, 0.3) is 0 Å². The highest BCUT2D eigenvalue weighted by molar-refractivity contribution is 5.78. The summed E-state index contributed by atoms with van der Waals surface area (Å²) in [7, 11) is 0. The number of esters is 1. The lowest BCUT2D eigenvalue weighted by Gasteiger charge is -2.37. The van der Waals surface area contributed by atoms with Crippen LogP contribution in [0.5, 0.6) is 0 Å². The molecular formula is C16H30O5. The first-order chi connectivity index (χ1) is 9.83. The first-order valence-electron chi connectivity index (χ1n) is 7.84. The minimum absolute atomic E-state index is 0.246. The monoisotopic (exact) mass is 302 g/mol. The predicted molar refractivity (Wildman–Crippen MR) is 81.0 cm³/mol. The van der Waals surface area contributed by atoms with E-state index in [0.29, 0.717) is 19.4 Å². The molecule has 0 fully saturated rings. The van der Waals surface area contributed by atoms with Crippen LogP contribution < -0.4 is 0 Å². The van der Waals surface area contributed by atoms with Crippen molar-refractivity contribution in [3.8, 4) is 0 Å². The van der Waals surface area contributed by atoms with Gasteiger partial charge in [-0.25, -0.2) is 4.79 Å². The summed E-state index contributed by atoms with van der Waals surface area (Å²) in [6.07, 6.45) is 0.712. The lowest BCUT2D eigenvalue weighted by atomic mass is 9.72. The summed E-state index contributed by atoms with van der Waals surface area (Å²) in [5.41, 5.74) is -0.814. The minimum atomic E-state index is -0.814. The Labute approximate surface area is 128 Å². The van der Waals surface area contributed by atoms with Gasteiger partial charge in [0.1, 0.15) is 11.5 Å². The predicted octanol–water partition coefficient (Wildman–Crippen LogP) is 3.94. The summed E-state index contributed by atoms with van der Waals surface area (Å²) in [6.45, 7) is 11.9. The van der Waals surface area contributed by atoms with Crippen LogP contribution in [0.4, 0.5) is 4.79 Å². The maximum absolute atomic E-state index is 12.5. The Bertz CT molecular complexity index is 327. The van der Waals surface area contributed by atoms with Gasteiger partial charge in [-0.1, -0.05) is 27.2 Å². The van der Waals surface area contributed by atoms with Gasteiger partial charge < -0.3 is 14.2 Å². The van der Waals surface area contributed by atoms with Crippen LogP contribution >= 0.6 is 0 Å². The quantitative estimate of drug-likeness (QED) is 0.604. The van der Waals surface area contributed by atoms with Gasteiger partial charge in [0, 0.05) is 0 Å². The maximum atomic E-state index is 12.5. The molecule has 2 unspecified atom stereocenters. The van der Waals surface area contributed by atoms with E-state index in [2.05, 4.69) is 0 Å². The number of rotatable bonds is 9. The van der Waals surface area contributed by atoms with E-state index >= 15 is 0 Å². The van der Waals surface area contributed by atoms with Crippen LogP contribution in [0, 0.1) is 11.3 Å². The van der Waals surface area contributed by atoms with Crippen molar-refractivity contribution in [1.29, 1.82) is 0 Å². The SMILES string of the molecule is CCCC(CC(C)C)(C(=O)OCC)C(C)OC(=O)OCC. The summed E-state index contributed by atoms with van der Waals surface area (Å²) in [6, 6.07) is 0. The molecule has 0 saturated heterocycles. The first kappa shape index (κ1) is 19.7. The van der Waals surface area contributed by atoms with Crippen molar-refractivity contribution in [3.05, 3.63) is 0 Å². The largest absolute Gasteiger partial charge is 0.508 e. The van der Waals surface area contributed by atoms with Crippen LogP contribution in [0.1, 0.15) is 60.8 Å². The number of ether oxygens (including phenoxy) is 3. The fraction of sp³-hybridized carbons (Fsp3) is 0.875. The lowest BCUT2D eigenvalue weighted by Crippen LogP contribution is -2.45. The van der Waals surface area contributed by atoms with Gasteiger partial charge >= 0.3 is 12.1 Å². The summed E-state index contributed by atoms with van der Waals surface area (Å²) in [4.78, 5) is 24.1. The molecule has 21 heavy (non-hydrogen) atoms. The number of hydrogen-bond acceptors (Lipinski definition) is 5. The van der Waals surface area contributed by atoms with E-state index < -0.39 is 17.7 Å². The Morgan fingerprint density at radius 2 is 1.57 bits per heavy atom. The fourth-order valence-electron chi connectivity index (χ4n) is 2.68. The zero-order valence-electron chi connectivity index (χ0n) is 14.2. The Morgan fingerprint density at radius 1 is 1.00 bits per heavy atom. The summed E-state index contributed by atoms with van der Waals surface area (Å²) >= 11 is 0. The molecule has 2 atom stereocenters. The Kier molecular flexibility index (Phi) is 9.06. The van der Waals surface area contributed by atoms with E-state index in [-0.39, 0.29) is 18.5 Å². The molecule has 0 aromatic rings. The molecule has 0 bridgehead atoms. The highest BCUT2D eigenvalue weighted by atomic mass is 16.7. The molecule has 0 radical (unpaired) electrons. The molecule has 124 valence electrons. The van der Waals surface area contributed by atoms with Crippen LogP contribution in [-0.2, 0) is 19.0 Å². The topological polar surface area (TPSA) is 61.8 Å². The van der Waals surface area contributed by atoms with E-state index in [9.17, 15) is 9.59 Å². The fourth-order valence-corrected chi connectivity index (χ4v) is 2.68. The molecule has 0 spiro atoms. The first-order valence-corrected chi connectivity index (χ1v) is 7.84. The molecule has 0 saturated carbocycles. The third-order valence-electron chi connectivity index (χ3n) is 3.46. The molecule has 0 amide bonds. The smallest absolute Gasteiger partial charge is 0.465 e. The number of carbonyl (C=O) groups excluding carboxylic acids is 2. The van der Waals surface area contributed by atoms with Gasteiger partial charge in [0.2, 0.25) is 0 Å². The van der Waals surface area contributed by atoms with Crippen LogP contribution in [0.3, 0.4) is 0 Å². The van der Waals surface area contributed by atoms with E-state index in [1.54, 1.807) is 20.8 Å². The van der Waals surface area contributed by atoms with Crippen LogP contribution in [0.15, 0.2) is 0 Å². The molecule has 0 aromatic carbocycles. The van der Waals surface area contributed by atoms with Gasteiger partial charge in [-0.05, 0) is 39.5 Å². The lowest BCUT2D eigenvalue weighted by molar-refractivity contribution is -0.166. The zero-order chi connectivity index (χ0) is 16.5.